The number of aliphatic hydroxyl groups is 2. The Kier molecular flexibility index (Phi) is 3.82. The summed E-state index contributed by atoms with van der Waals surface area (Å²) in [6.07, 6.45) is -3.01. The number of fused-ring (bicyclic) bond motifs is 1. The van der Waals surface area contributed by atoms with Crippen LogP contribution < -0.4 is 5.32 Å². The van der Waals surface area contributed by atoms with Crippen LogP contribution in [0.1, 0.15) is 34.5 Å². The van der Waals surface area contributed by atoms with Gasteiger partial charge in [-0.1, -0.05) is 12.1 Å². The predicted molar refractivity (Wildman–Crippen MR) is 65.2 cm³/mol. The van der Waals surface area contributed by atoms with Crippen LogP contribution in [0, 0.1) is 0 Å². The van der Waals surface area contributed by atoms with Gasteiger partial charge in [0, 0.05) is 12.1 Å². The number of carbonyl (C=O) groups is 2. The maximum Gasteiger partial charge on any atom is 0.338 e. The van der Waals surface area contributed by atoms with Crippen molar-refractivity contribution in [3.8, 4) is 0 Å². The van der Waals surface area contributed by atoms with E-state index in [1.165, 1.54) is 6.07 Å². The highest BCUT2D eigenvalue weighted by molar-refractivity contribution is 5.98. The number of hydrogen-bond donors (Lipinski definition) is 3. The van der Waals surface area contributed by atoms with Gasteiger partial charge in [-0.15, -0.1) is 0 Å². The molecule has 0 fully saturated rings. The van der Waals surface area contributed by atoms with Crippen molar-refractivity contribution in [2.24, 2.45) is 0 Å². The van der Waals surface area contributed by atoms with Gasteiger partial charge < -0.3 is 20.3 Å². The van der Waals surface area contributed by atoms with Gasteiger partial charge in [-0.05, 0) is 24.1 Å². The number of amides is 1. The van der Waals surface area contributed by atoms with Crippen LogP contribution in [0.15, 0.2) is 18.2 Å². The average Bonchev–Trinajstić information content (AvgIpc) is 2.78. The van der Waals surface area contributed by atoms with Gasteiger partial charge in [0.25, 0.3) is 5.91 Å². The van der Waals surface area contributed by atoms with Gasteiger partial charge in [-0.2, -0.15) is 0 Å². The van der Waals surface area contributed by atoms with E-state index in [2.05, 4.69) is 10.1 Å². The molecule has 1 aliphatic heterocycles. The first-order chi connectivity index (χ1) is 9.04. The highest BCUT2D eigenvalue weighted by Crippen LogP contribution is 2.23. The van der Waals surface area contributed by atoms with Crippen molar-refractivity contribution in [2.45, 2.75) is 25.7 Å². The third-order valence-electron chi connectivity index (χ3n) is 2.98. The SMILES string of the molecule is CCOC(=O)C(O)C(O)c1ccc2c(c1)CNC2=O. The smallest absolute Gasteiger partial charge is 0.338 e. The Bertz CT molecular complexity index is 514. The van der Waals surface area contributed by atoms with Crippen molar-refractivity contribution in [3.63, 3.8) is 0 Å². The first kappa shape index (κ1) is 13.5. The number of benzene rings is 1. The van der Waals surface area contributed by atoms with Gasteiger partial charge in [0.2, 0.25) is 0 Å². The summed E-state index contributed by atoms with van der Waals surface area (Å²) in [5.41, 5.74) is 1.65. The minimum absolute atomic E-state index is 0.130. The van der Waals surface area contributed by atoms with Crippen molar-refractivity contribution in [1.82, 2.24) is 5.32 Å². The van der Waals surface area contributed by atoms with Crippen LogP contribution in [0.25, 0.3) is 0 Å². The number of hydrogen-bond acceptors (Lipinski definition) is 5. The third kappa shape index (κ3) is 2.59. The molecule has 0 radical (unpaired) electrons. The summed E-state index contributed by atoms with van der Waals surface area (Å²) < 4.78 is 4.64. The molecule has 1 aromatic rings. The molecule has 0 saturated heterocycles. The van der Waals surface area contributed by atoms with E-state index in [0.29, 0.717) is 17.7 Å². The fraction of sp³-hybridized carbons (Fsp3) is 0.385. The largest absolute Gasteiger partial charge is 0.464 e. The second-order valence-electron chi connectivity index (χ2n) is 4.24. The monoisotopic (exact) mass is 265 g/mol. The zero-order valence-electron chi connectivity index (χ0n) is 10.4. The zero-order chi connectivity index (χ0) is 14.0. The predicted octanol–water partition coefficient (Wildman–Crippen LogP) is -0.113. The van der Waals surface area contributed by atoms with Crippen molar-refractivity contribution in [2.75, 3.05) is 6.61 Å². The molecule has 0 spiro atoms. The van der Waals surface area contributed by atoms with Gasteiger partial charge in [-0.25, -0.2) is 4.79 Å². The topological polar surface area (TPSA) is 95.9 Å². The van der Waals surface area contributed by atoms with E-state index < -0.39 is 18.2 Å². The average molecular weight is 265 g/mol. The summed E-state index contributed by atoms with van der Waals surface area (Å²) in [6.45, 7) is 2.12. The lowest BCUT2D eigenvalue weighted by Gasteiger charge is -2.17. The molecular formula is C13H15NO5. The zero-order valence-corrected chi connectivity index (χ0v) is 10.4. The molecule has 0 bridgehead atoms. The van der Waals surface area contributed by atoms with E-state index in [4.69, 9.17) is 0 Å². The van der Waals surface area contributed by atoms with Gasteiger partial charge >= 0.3 is 5.97 Å². The molecule has 2 rings (SSSR count). The molecule has 1 amide bonds. The Morgan fingerprint density at radius 2 is 2.21 bits per heavy atom. The van der Waals surface area contributed by atoms with E-state index in [-0.39, 0.29) is 12.5 Å². The minimum Gasteiger partial charge on any atom is -0.464 e. The van der Waals surface area contributed by atoms with Crippen LogP contribution >= 0.6 is 0 Å². The van der Waals surface area contributed by atoms with Gasteiger partial charge in [0.05, 0.1) is 6.61 Å². The van der Waals surface area contributed by atoms with Crippen molar-refractivity contribution >= 4 is 11.9 Å². The second kappa shape index (κ2) is 5.38. The summed E-state index contributed by atoms with van der Waals surface area (Å²) in [5.74, 6) is -1.04. The Morgan fingerprint density at radius 1 is 1.47 bits per heavy atom. The molecule has 1 heterocycles. The van der Waals surface area contributed by atoms with E-state index in [1.807, 2.05) is 0 Å². The Labute approximate surface area is 110 Å². The van der Waals surface area contributed by atoms with Crippen molar-refractivity contribution in [3.05, 3.63) is 34.9 Å². The number of esters is 1. The molecule has 6 nitrogen and oxygen atoms in total. The Hall–Kier alpha value is -1.92. The van der Waals surface area contributed by atoms with Gasteiger partial charge in [0.15, 0.2) is 6.10 Å². The Morgan fingerprint density at radius 3 is 2.89 bits per heavy atom. The van der Waals surface area contributed by atoms with Gasteiger partial charge in [0.1, 0.15) is 6.10 Å². The number of carbonyl (C=O) groups excluding carboxylic acids is 2. The van der Waals surface area contributed by atoms with Crippen LogP contribution in [0.2, 0.25) is 0 Å². The van der Waals surface area contributed by atoms with Crippen LogP contribution in [0.5, 0.6) is 0 Å². The molecule has 0 aromatic heterocycles. The van der Waals surface area contributed by atoms with Crippen LogP contribution in [-0.4, -0.2) is 34.8 Å². The summed E-state index contributed by atoms with van der Waals surface area (Å²) in [6, 6.07) is 4.67. The quantitative estimate of drug-likeness (QED) is 0.660. The lowest BCUT2D eigenvalue weighted by Crippen LogP contribution is -2.30. The first-order valence-corrected chi connectivity index (χ1v) is 5.98. The fourth-order valence-electron chi connectivity index (χ4n) is 1.97. The minimum atomic E-state index is -1.64. The molecule has 1 aliphatic rings. The summed E-state index contributed by atoms with van der Waals surface area (Å²) in [7, 11) is 0. The molecular weight excluding hydrogens is 250 g/mol. The van der Waals surface area contributed by atoms with Crippen molar-refractivity contribution in [1.29, 1.82) is 0 Å². The van der Waals surface area contributed by atoms with E-state index in [0.717, 1.165) is 5.56 Å². The number of rotatable bonds is 4. The van der Waals surface area contributed by atoms with Crippen molar-refractivity contribution < 1.29 is 24.5 Å². The van der Waals surface area contributed by atoms with E-state index in [9.17, 15) is 19.8 Å². The molecule has 102 valence electrons. The third-order valence-corrected chi connectivity index (χ3v) is 2.98. The highest BCUT2D eigenvalue weighted by Gasteiger charge is 2.28. The Balaban J connectivity index is 2.18. The number of ether oxygens (including phenoxy) is 1. The molecule has 2 atom stereocenters. The first-order valence-electron chi connectivity index (χ1n) is 5.98. The molecule has 0 aliphatic carbocycles. The molecule has 2 unspecified atom stereocenters. The van der Waals surface area contributed by atoms with Crippen LogP contribution in [0.3, 0.4) is 0 Å². The standard InChI is InChI=1S/C13H15NO5/c1-2-19-13(18)11(16)10(15)7-3-4-9-8(5-7)6-14-12(9)17/h3-5,10-11,15-16H,2,6H2,1H3,(H,14,17). The lowest BCUT2D eigenvalue weighted by molar-refractivity contribution is -0.159. The highest BCUT2D eigenvalue weighted by atomic mass is 16.5. The fourth-order valence-corrected chi connectivity index (χ4v) is 1.97. The molecule has 19 heavy (non-hydrogen) atoms. The molecule has 0 saturated carbocycles. The molecule has 1 aromatic carbocycles. The molecule has 3 N–H and O–H groups in total. The van der Waals surface area contributed by atoms with E-state index in [1.54, 1.807) is 19.1 Å². The van der Waals surface area contributed by atoms with Gasteiger partial charge in [-0.3, -0.25) is 4.79 Å². The summed E-state index contributed by atoms with van der Waals surface area (Å²) in [5, 5.41) is 22.2. The normalized spacial score (nSPS) is 16.5. The second-order valence-corrected chi connectivity index (χ2v) is 4.24. The summed E-state index contributed by atoms with van der Waals surface area (Å²) in [4.78, 5) is 22.7. The van der Waals surface area contributed by atoms with E-state index >= 15 is 0 Å². The lowest BCUT2D eigenvalue weighted by atomic mass is 9.99. The molecule has 6 heteroatoms. The van der Waals surface area contributed by atoms with Crippen LogP contribution in [-0.2, 0) is 16.1 Å². The number of nitrogens with one attached hydrogen (secondary N) is 1. The summed E-state index contributed by atoms with van der Waals surface area (Å²) >= 11 is 0. The maximum absolute atomic E-state index is 11.4. The van der Waals surface area contributed by atoms with Crippen LogP contribution in [0.4, 0.5) is 0 Å². The maximum atomic E-state index is 11.4. The number of aliphatic hydroxyl groups excluding tert-OH is 2.